The zero-order valence-electron chi connectivity index (χ0n) is 15.4. The van der Waals surface area contributed by atoms with E-state index in [9.17, 15) is 9.90 Å². The number of rotatable bonds is 2. The summed E-state index contributed by atoms with van der Waals surface area (Å²) in [6.45, 7) is 4.87. The van der Waals surface area contributed by atoms with Gasteiger partial charge in [0.15, 0.2) is 0 Å². The van der Waals surface area contributed by atoms with Crippen molar-refractivity contribution in [2.24, 2.45) is 0 Å². The van der Waals surface area contributed by atoms with Crippen LogP contribution in [0, 0.1) is 0 Å². The molecule has 3 atom stereocenters. The number of nitrogens with zero attached hydrogens (tertiary/aromatic N) is 2. The SMILES string of the molecule is O=C(N1CC(c2ccc(C3COC3)cc2)C1)N1CCC2OCC(O)NC2C1. The first-order valence-corrected chi connectivity index (χ1v) is 9.94. The fraction of sp³-hybridized carbons (Fsp3) is 0.650. The lowest BCUT2D eigenvalue weighted by molar-refractivity contribution is -0.107. The molecule has 0 bridgehead atoms. The van der Waals surface area contributed by atoms with Gasteiger partial charge in [0.1, 0.15) is 6.23 Å². The summed E-state index contributed by atoms with van der Waals surface area (Å²) in [6, 6.07) is 8.95. The van der Waals surface area contributed by atoms with Crippen molar-refractivity contribution in [3.8, 4) is 0 Å². The van der Waals surface area contributed by atoms with Crippen molar-refractivity contribution < 1.29 is 19.4 Å². The molecule has 27 heavy (non-hydrogen) atoms. The number of carbonyl (C=O) groups is 1. The Bertz CT molecular complexity index is 687. The van der Waals surface area contributed by atoms with Gasteiger partial charge in [-0.3, -0.25) is 5.32 Å². The van der Waals surface area contributed by atoms with Crippen LogP contribution in [0.25, 0.3) is 0 Å². The maximum absolute atomic E-state index is 12.8. The van der Waals surface area contributed by atoms with Crippen LogP contribution in [0.5, 0.6) is 0 Å². The molecule has 4 saturated heterocycles. The number of aliphatic hydroxyl groups is 1. The lowest BCUT2D eigenvalue weighted by atomic mass is 9.89. The fourth-order valence-electron chi connectivity index (χ4n) is 4.49. The number of benzene rings is 1. The zero-order valence-corrected chi connectivity index (χ0v) is 15.4. The van der Waals surface area contributed by atoms with Crippen molar-refractivity contribution in [2.75, 3.05) is 46.0 Å². The molecule has 1 aromatic rings. The molecule has 3 unspecified atom stereocenters. The molecule has 0 saturated carbocycles. The minimum atomic E-state index is -0.635. The molecular formula is C20H27N3O4. The van der Waals surface area contributed by atoms with Gasteiger partial charge in [-0.05, 0) is 17.5 Å². The Hall–Kier alpha value is -1.67. The molecule has 7 nitrogen and oxygen atoms in total. The molecule has 4 aliphatic heterocycles. The van der Waals surface area contributed by atoms with Crippen LogP contribution in [0.3, 0.4) is 0 Å². The number of hydrogen-bond donors (Lipinski definition) is 2. The third-order valence-corrected chi connectivity index (χ3v) is 6.36. The number of carbonyl (C=O) groups excluding carboxylic acids is 1. The number of likely N-dealkylation sites (tertiary alicyclic amines) is 2. The number of hydrogen-bond acceptors (Lipinski definition) is 5. The average Bonchev–Trinajstić information content (AvgIpc) is 2.59. The van der Waals surface area contributed by atoms with E-state index in [2.05, 4.69) is 29.6 Å². The van der Waals surface area contributed by atoms with Crippen molar-refractivity contribution in [1.29, 1.82) is 0 Å². The predicted molar refractivity (Wildman–Crippen MR) is 98.6 cm³/mol. The molecule has 2 N–H and O–H groups in total. The van der Waals surface area contributed by atoms with Crippen molar-refractivity contribution in [3.63, 3.8) is 0 Å². The Morgan fingerprint density at radius 1 is 1.00 bits per heavy atom. The van der Waals surface area contributed by atoms with Crippen LogP contribution in [-0.4, -0.2) is 85.3 Å². The lowest BCUT2D eigenvalue weighted by Gasteiger charge is -2.47. The molecule has 146 valence electrons. The van der Waals surface area contributed by atoms with Crippen LogP contribution in [0.15, 0.2) is 24.3 Å². The van der Waals surface area contributed by atoms with Crippen LogP contribution in [-0.2, 0) is 9.47 Å². The standard InChI is InChI=1S/C20H27N3O4/c24-19-12-27-18-5-6-22(9-17(18)21-19)20(25)23-7-15(8-23)13-1-3-14(4-2-13)16-10-26-11-16/h1-4,15-19,21,24H,5-12H2. The third-order valence-electron chi connectivity index (χ3n) is 6.36. The first-order chi connectivity index (χ1) is 13.2. The second kappa shape index (κ2) is 7.05. The summed E-state index contributed by atoms with van der Waals surface area (Å²) in [4.78, 5) is 16.6. The zero-order chi connectivity index (χ0) is 18.4. The topological polar surface area (TPSA) is 74.3 Å². The predicted octanol–water partition coefficient (Wildman–Crippen LogP) is 0.701. The minimum absolute atomic E-state index is 0.0200. The molecule has 1 aromatic carbocycles. The van der Waals surface area contributed by atoms with E-state index >= 15 is 0 Å². The minimum Gasteiger partial charge on any atom is -0.380 e. The number of morpholine rings is 1. The quantitative estimate of drug-likeness (QED) is 0.798. The summed E-state index contributed by atoms with van der Waals surface area (Å²) in [5.41, 5.74) is 2.66. The van der Waals surface area contributed by atoms with Crippen molar-refractivity contribution in [3.05, 3.63) is 35.4 Å². The Labute approximate surface area is 159 Å². The fourth-order valence-corrected chi connectivity index (χ4v) is 4.49. The van der Waals surface area contributed by atoms with E-state index in [4.69, 9.17) is 9.47 Å². The number of nitrogens with one attached hydrogen (secondary N) is 1. The van der Waals surface area contributed by atoms with Crippen molar-refractivity contribution in [2.45, 2.75) is 36.6 Å². The second-order valence-corrected chi connectivity index (χ2v) is 8.18. The largest absolute Gasteiger partial charge is 0.380 e. The molecule has 4 heterocycles. The van der Waals surface area contributed by atoms with Crippen LogP contribution < -0.4 is 5.32 Å². The molecule has 4 fully saturated rings. The highest BCUT2D eigenvalue weighted by atomic mass is 16.5. The van der Waals surface area contributed by atoms with Crippen LogP contribution in [0.1, 0.15) is 29.4 Å². The lowest BCUT2D eigenvalue weighted by Crippen LogP contribution is -2.64. The van der Waals surface area contributed by atoms with Crippen LogP contribution >= 0.6 is 0 Å². The number of piperidine rings is 1. The summed E-state index contributed by atoms with van der Waals surface area (Å²) in [7, 11) is 0. The summed E-state index contributed by atoms with van der Waals surface area (Å²) >= 11 is 0. The Morgan fingerprint density at radius 2 is 1.70 bits per heavy atom. The van der Waals surface area contributed by atoms with E-state index in [1.807, 2.05) is 9.80 Å². The van der Waals surface area contributed by atoms with Gasteiger partial charge < -0.3 is 24.4 Å². The maximum atomic E-state index is 12.8. The molecular weight excluding hydrogens is 346 g/mol. The number of urea groups is 1. The van der Waals surface area contributed by atoms with Gasteiger partial charge in [-0.1, -0.05) is 24.3 Å². The second-order valence-electron chi connectivity index (χ2n) is 8.18. The molecule has 0 aromatic heterocycles. The van der Waals surface area contributed by atoms with Gasteiger partial charge in [-0.25, -0.2) is 4.79 Å². The highest BCUT2D eigenvalue weighted by Crippen LogP contribution is 2.31. The number of ether oxygens (including phenoxy) is 2. The summed E-state index contributed by atoms with van der Waals surface area (Å²) in [6.07, 6.45) is 0.282. The van der Waals surface area contributed by atoms with Gasteiger partial charge in [0.05, 0.1) is 32.0 Å². The van der Waals surface area contributed by atoms with Gasteiger partial charge in [-0.2, -0.15) is 0 Å². The van der Waals surface area contributed by atoms with E-state index < -0.39 is 6.23 Å². The molecule has 5 rings (SSSR count). The van der Waals surface area contributed by atoms with Gasteiger partial charge in [0, 0.05) is 38.0 Å². The number of fused-ring (bicyclic) bond motifs is 1. The van der Waals surface area contributed by atoms with Gasteiger partial charge in [-0.15, -0.1) is 0 Å². The Kier molecular flexibility index (Phi) is 4.55. The monoisotopic (exact) mass is 373 g/mol. The van der Waals surface area contributed by atoms with Gasteiger partial charge in [0.25, 0.3) is 0 Å². The number of amides is 2. The molecule has 0 radical (unpaired) electrons. The van der Waals surface area contributed by atoms with E-state index in [0.29, 0.717) is 25.0 Å². The van der Waals surface area contributed by atoms with E-state index in [-0.39, 0.29) is 18.2 Å². The third kappa shape index (κ3) is 3.33. The normalized spacial score (nSPS) is 31.8. The first-order valence-electron chi connectivity index (χ1n) is 9.94. The Morgan fingerprint density at radius 3 is 2.37 bits per heavy atom. The van der Waals surface area contributed by atoms with Gasteiger partial charge in [0.2, 0.25) is 0 Å². The molecule has 0 aliphatic carbocycles. The van der Waals surface area contributed by atoms with E-state index in [0.717, 1.165) is 39.3 Å². The molecule has 7 heteroatoms. The van der Waals surface area contributed by atoms with Crippen molar-refractivity contribution >= 4 is 6.03 Å². The highest BCUT2D eigenvalue weighted by molar-refractivity contribution is 5.76. The molecule has 2 amide bonds. The summed E-state index contributed by atoms with van der Waals surface area (Å²) < 4.78 is 10.9. The van der Waals surface area contributed by atoms with E-state index in [1.165, 1.54) is 11.1 Å². The van der Waals surface area contributed by atoms with E-state index in [1.54, 1.807) is 0 Å². The number of aliphatic hydroxyl groups excluding tert-OH is 1. The van der Waals surface area contributed by atoms with Crippen LogP contribution in [0.4, 0.5) is 4.79 Å². The maximum Gasteiger partial charge on any atom is 0.320 e. The first kappa shape index (κ1) is 17.4. The highest BCUT2D eigenvalue weighted by Gasteiger charge is 2.40. The summed E-state index contributed by atoms with van der Waals surface area (Å²) in [5, 5.41) is 12.9. The molecule has 0 spiro atoms. The molecule has 4 aliphatic rings. The summed E-state index contributed by atoms with van der Waals surface area (Å²) in [5.74, 6) is 0.980. The smallest absolute Gasteiger partial charge is 0.320 e. The van der Waals surface area contributed by atoms with Crippen LogP contribution in [0.2, 0.25) is 0 Å². The van der Waals surface area contributed by atoms with Gasteiger partial charge >= 0.3 is 6.03 Å². The Balaban J connectivity index is 1.14. The average molecular weight is 373 g/mol. The van der Waals surface area contributed by atoms with Crippen molar-refractivity contribution in [1.82, 2.24) is 15.1 Å².